The first-order chi connectivity index (χ1) is 5.00. The van der Waals surface area contributed by atoms with Crippen molar-refractivity contribution in [1.82, 2.24) is 0 Å². The summed E-state index contributed by atoms with van der Waals surface area (Å²) in [5.41, 5.74) is 9.86. The van der Waals surface area contributed by atoms with E-state index in [-0.39, 0.29) is 0 Å². The molecule has 0 fully saturated rings. The molecule has 0 aliphatic rings. The Morgan fingerprint density at radius 3 is 2.55 bits per heavy atom. The molecule has 3 nitrogen and oxygen atoms in total. The number of carbonyl (C=O) groups is 1. The standard InChI is InChI=1S/C7H16N2OS/c1-3-11-5-4-7(2,9)6(8)10/h3-5,9H2,1-2H3,(H2,8,10). The Morgan fingerprint density at radius 1 is 1.64 bits per heavy atom. The van der Waals surface area contributed by atoms with Gasteiger partial charge in [-0.05, 0) is 24.9 Å². The molecule has 0 saturated carbocycles. The summed E-state index contributed by atoms with van der Waals surface area (Å²) in [6, 6.07) is 0. The van der Waals surface area contributed by atoms with Crippen LogP contribution in [-0.2, 0) is 4.79 Å². The lowest BCUT2D eigenvalue weighted by Gasteiger charge is -2.19. The van der Waals surface area contributed by atoms with Crippen LogP contribution in [0.1, 0.15) is 20.3 Å². The summed E-state index contributed by atoms with van der Waals surface area (Å²) in [6.45, 7) is 3.74. The van der Waals surface area contributed by atoms with Gasteiger partial charge in [0.2, 0.25) is 5.91 Å². The van der Waals surface area contributed by atoms with Crippen molar-refractivity contribution >= 4 is 17.7 Å². The SMILES string of the molecule is CCSCCC(C)(N)C(N)=O. The van der Waals surface area contributed by atoms with Gasteiger partial charge in [0.05, 0.1) is 5.54 Å². The summed E-state index contributed by atoms with van der Waals surface area (Å²) in [5, 5.41) is 0. The molecule has 0 aliphatic heterocycles. The van der Waals surface area contributed by atoms with Crippen molar-refractivity contribution in [3.63, 3.8) is 0 Å². The summed E-state index contributed by atoms with van der Waals surface area (Å²) in [7, 11) is 0. The van der Waals surface area contributed by atoms with Crippen molar-refractivity contribution in [3.05, 3.63) is 0 Å². The van der Waals surface area contributed by atoms with Crippen molar-refractivity contribution in [3.8, 4) is 0 Å². The van der Waals surface area contributed by atoms with Crippen LogP contribution >= 0.6 is 11.8 Å². The van der Waals surface area contributed by atoms with Gasteiger partial charge >= 0.3 is 0 Å². The Balaban J connectivity index is 3.64. The van der Waals surface area contributed by atoms with E-state index in [1.54, 1.807) is 18.7 Å². The number of primary amides is 1. The molecule has 0 bridgehead atoms. The highest BCUT2D eigenvalue weighted by Crippen LogP contribution is 2.10. The van der Waals surface area contributed by atoms with Crippen molar-refractivity contribution in [2.24, 2.45) is 11.5 Å². The Labute approximate surface area is 71.9 Å². The molecule has 0 saturated heterocycles. The van der Waals surface area contributed by atoms with Gasteiger partial charge in [-0.1, -0.05) is 6.92 Å². The van der Waals surface area contributed by atoms with E-state index in [4.69, 9.17) is 11.5 Å². The fourth-order valence-corrected chi connectivity index (χ4v) is 1.41. The largest absolute Gasteiger partial charge is 0.368 e. The predicted octanol–water partition coefficient (Wildman–Crippen LogP) is 0.332. The van der Waals surface area contributed by atoms with Crippen LogP contribution in [0.4, 0.5) is 0 Å². The van der Waals surface area contributed by atoms with Crippen LogP contribution in [0.3, 0.4) is 0 Å². The minimum Gasteiger partial charge on any atom is -0.368 e. The third kappa shape index (κ3) is 4.27. The second kappa shape index (κ2) is 4.62. The van der Waals surface area contributed by atoms with Gasteiger partial charge in [0.15, 0.2) is 0 Å². The van der Waals surface area contributed by atoms with E-state index in [2.05, 4.69) is 6.92 Å². The first-order valence-corrected chi connectivity index (χ1v) is 4.82. The summed E-state index contributed by atoms with van der Waals surface area (Å²) in [6.07, 6.45) is 0.654. The molecule has 0 spiro atoms. The lowest BCUT2D eigenvalue weighted by molar-refractivity contribution is -0.122. The summed E-state index contributed by atoms with van der Waals surface area (Å²) in [4.78, 5) is 10.7. The van der Waals surface area contributed by atoms with Crippen LogP contribution in [0, 0.1) is 0 Å². The average Bonchev–Trinajstić information content (AvgIpc) is 1.88. The average molecular weight is 176 g/mol. The van der Waals surface area contributed by atoms with E-state index in [9.17, 15) is 4.79 Å². The van der Waals surface area contributed by atoms with Gasteiger partial charge in [-0.25, -0.2) is 0 Å². The van der Waals surface area contributed by atoms with Crippen molar-refractivity contribution < 1.29 is 4.79 Å². The summed E-state index contributed by atoms with van der Waals surface area (Å²) < 4.78 is 0. The molecule has 1 atom stereocenters. The molecule has 0 rings (SSSR count). The second-order valence-corrected chi connectivity index (χ2v) is 4.12. The topological polar surface area (TPSA) is 69.1 Å². The lowest BCUT2D eigenvalue weighted by atomic mass is 10.0. The third-order valence-electron chi connectivity index (χ3n) is 1.53. The smallest absolute Gasteiger partial charge is 0.237 e. The van der Waals surface area contributed by atoms with E-state index < -0.39 is 11.4 Å². The van der Waals surface area contributed by atoms with Crippen molar-refractivity contribution in [1.29, 1.82) is 0 Å². The van der Waals surface area contributed by atoms with Gasteiger partial charge in [-0.3, -0.25) is 4.79 Å². The molecule has 0 radical (unpaired) electrons. The first kappa shape index (κ1) is 10.8. The fourth-order valence-electron chi connectivity index (χ4n) is 0.552. The van der Waals surface area contributed by atoms with Gasteiger partial charge < -0.3 is 11.5 Å². The molecular weight excluding hydrogens is 160 g/mol. The van der Waals surface area contributed by atoms with Crippen LogP contribution in [0.2, 0.25) is 0 Å². The highest BCUT2D eigenvalue weighted by molar-refractivity contribution is 7.99. The molecule has 4 heteroatoms. The van der Waals surface area contributed by atoms with Gasteiger partial charge in [0.1, 0.15) is 0 Å². The predicted molar refractivity (Wildman–Crippen MR) is 49.4 cm³/mol. The molecule has 0 aromatic carbocycles. The quantitative estimate of drug-likeness (QED) is 0.593. The van der Waals surface area contributed by atoms with Crippen molar-refractivity contribution in [2.75, 3.05) is 11.5 Å². The Hall–Kier alpha value is -0.220. The zero-order valence-corrected chi connectivity index (χ0v) is 7.91. The number of hydrogen-bond acceptors (Lipinski definition) is 3. The maximum absolute atomic E-state index is 10.7. The van der Waals surface area contributed by atoms with Crippen LogP contribution in [-0.4, -0.2) is 23.0 Å². The molecule has 1 amide bonds. The van der Waals surface area contributed by atoms with Gasteiger partial charge in [0, 0.05) is 0 Å². The molecule has 0 aromatic heterocycles. The number of thioether (sulfide) groups is 1. The second-order valence-electron chi connectivity index (χ2n) is 2.73. The highest BCUT2D eigenvalue weighted by Gasteiger charge is 2.24. The third-order valence-corrected chi connectivity index (χ3v) is 2.43. The summed E-state index contributed by atoms with van der Waals surface area (Å²) >= 11 is 1.76. The van der Waals surface area contributed by atoms with E-state index in [1.165, 1.54) is 0 Å². The molecule has 1 unspecified atom stereocenters. The Bertz CT molecular complexity index is 136. The zero-order valence-electron chi connectivity index (χ0n) is 7.09. The van der Waals surface area contributed by atoms with Crippen LogP contribution in [0.25, 0.3) is 0 Å². The van der Waals surface area contributed by atoms with Gasteiger partial charge in [-0.2, -0.15) is 11.8 Å². The van der Waals surface area contributed by atoms with Crippen LogP contribution < -0.4 is 11.5 Å². The minimum atomic E-state index is -0.831. The number of nitrogens with two attached hydrogens (primary N) is 2. The van der Waals surface area contributed by atoms with Crippen molar-refractivity contribution in [2.45, 2.75) is 25.8 Å². The molecular formula is C7H16N2OS. The molecule has 11 heavy (non-hydrogen) atoms. The Kier molecular flexibility index (Phi) is 4.52. The fraction of sp³-hybridized carbons (Fsp3) is 0.857. The number of carbonyl (C=O) groups excluding carboxylic acids is 1. The highest BCUT2D eigenvalue weighted by atomic mass is 32.2. The summed E-state index contributed by atoms with van der Waals surface area (Å²) in [5.74, 6) is 1.52. The molecule has 0 heterocycles. The van der Waals surface area contributed by atoms with Crippen LogP contribution in [0.15, 0.2) is 0 Å². The lowest BCUT2D eigenvalue weighted by Crippen LogP contribution is -2.49. The number of hydrogen-bond donors (Lipinski definition) is 2. The zero-order chi connectivity index (χ0) is 8.91. The van der Waals surface area contributed by atoms with E-state index in [0.29, 0.717) is 6.42 Å². The van der Waals surface area contributed by atoms with Gasteiger partial charge in [0.25, 0.3) is 0 Å². The monoisotopic (exact) mass is 176 g/mol. The number of rotatable bonds is 5. The first-order valence-electron chi connectivity index (χ1n) is 3.67. The molecule has 4 N–H and O–H groups in total. The maximum atomic E-state index is 10.7. The van der Waals surface area contributed by atoms with E-state index in [0.717, 1.165) is 11.5 Å². The van der Waals surface area contributed by atoms with Gasteiger partial charge in [-0.15, -0.1) is 0 Å². The Morgan fingerprint density at radius 2 is 2.18 bits per heavy atom. The van der Waals surface area contributed by atoms with E-state index in [1.807, 2.05) is 0 Å². The van der Waals surface area contributed by atoms with Crippen LogP contribution in [0.5, 0.6) is 0 Å². The molecule has 0 aliphatic carbocycles. The number of amides is 1. The van der Waals surface area contributed by atoms with E-state index >= 15 is 0 Å². The normalized spacial score (nSPS) is 15.9. The minimum absolute atomic E-state index is 0.422. The molecule has 0 aromatic rings. The molecule has 66 valence electrons. The maximum Gasteiger partial charge on any atom is 0.237 e.